The summed E-state index contributed by atoms with van der Waals surface area (Å²) in [6, 6.07) is 85.6. The average molecular weight is 1190 g/mol. The molecule has 78 heavy (non-hydrogen) atoms. The molecule has 0 saturated heterocycles. The second-order valence-electron chi connectivity index (χ2n) is 21.5. The maximum atomic E-state index is 6.93. The van der Waals surface area contributed by atoms with Crippen LogP contribution in [0, 0.1) is 10.7 Å². The number of fused-ring (bicyclic) bond motifs is 7. The summed E-state index contributed by atoms with van der Waals surface area (Å²) >= 11 is 2.56. The molecule has 13 aromatic rings. The number of nitrogens with zero attached hydrogens (tertiary/aromatic N) is 4. The van der Waals surface area contributed by atoms with Crippen LogP contribution in [0.25, 0.3) is 106 Å². The van der Waals surface area contributed by atoms with E-state index in [9.17, 15) is 0 Å². The number of para-hydroxylation sites is 3. The smallest absolute Gasteiger partial charge is 0.0579 e. The van der Waals surface area contributed by atoms with E-state index in [4.69, 9.17) is 9.72 Å². The van der Waals surface area contributed by atoms with Gasteiger partial charge in [-0.1, -0.05) is 63.2 Å². The van der Waals surface area contributed by atoms with Gasteiger partial charge in [-0.05, 0) is 29.0 Å². The van der Waals surface area contributed by atoms with Crippen molar-refractivity contribution in [2.24, 2.45) is 0 Å². The summed E-state index contributed by atoms with van der Waals surface area (Å²) in [5.41, 5.74) is 23.9. The third-order valence-electron chi connectivity index (χ3n) is 15.7. The predicted octanol–water partition coefficient (Wildman–Crippen LogP) is 18.6. The van der Waals surface area contributed by atoms with Crippen molar-refractivity contribution in [3.8, 4) is 84.3 Å². The van der Waals surface area contributed by atoms with Gasteiger partial charge in [0.2, 0.25) is 0 Å². The van der Waals surface area contributed by atoms with Crippen LogP contribution in [-0.4, -0.2) is 18.7 Å². The van der Waals surface area contributed by atoms with Gasteiger partial charge in [0.1, 0.15) is 0 Å². The molecule has 378 valence electrons. The summed E-state index contributed by atoms with van der Waals surface area (Å²) in [7, 11) is 0. The van der Waals surface area contributed by atoms with E-state index in [2.05, 4.69) is 297 Å². The van der Waals surface area contributed by atoms with Crippen molar-refractivity contribution < 1.29 is 24.1 Å². The molecule has 6 heteroatoms. The first-order valence-corrected chi connectivity index (χ1v) is 27.9. The molecule has 0 unspecified atom stereocenters. The molecule has 14 rings (SSSR count). The van der Waals surface area contributed by atoms with Gasteiger partial charge in [0.05, 0.1) is 0 Å². The van der Waals surface area contributed by atoms with Crippen LogP contribution in [0.4, 0.5) is 0 Å². The Bertz CT molecular complexity index is 4540. The molecule has 1 aliphatic carbocycles. The van der Waals surface area contributed by atoms with Crippen LogP contribution in [-0.2, 0) is 31.2 Å². The first-order chi connectivity index (χ1) is 38.1. The molecular formula is C72H54N4OPt. The van der Waals surface area contributed by atoms with Crippen molar-refractivity contribution >= 4 is 32.8 Å². The van der Waals surface area contributed by atoms with Crippen LogP contribution in [0.1, 0.15) is 43.0 Å². The summed E-state index contributed by atoms with van der Waals surface area (Å²) < 4.78 is 15.1. The van der Waals surface area contributed by atoms with Crippen molar-refractivity contribution in [3.63, 3.8) is 0 Å². The molecule has 0 fully saturated rings. The third kappa shape index (κ3) is 8.11. The van der Waals surface area contributed by atoms with Gasteiger partial charge < -0.3 is 0 Å². The summed E-state index contributed by atoms with van der Waals surface area (Å²) in [6.07, 6.45) is 2.85. The number of aromatic nitrogens is 4. The van der Waals surface area contributed by atoms with Gasteiger partial charge in [0, 0.05) is 11.8 Å². The Morgan fingerprint density at radius 1 is 0.449 bits per heavy atom. The number of hydrogen-bond donors (Lipinski definition) is 0. The quantitative estimate of drug-likeness (QED) is 0.144. The Balaban J connectivity index is 0.884. The molecule has 0 bridgehead atoms. The Morgan fingerprint density at radius 3 is 1.78 bits per heavy atom. The second kappa shape index (κ2) is 19.0. The Labute approximate surface area is 465 Å². The van der Waals surface area contributed by atoms with E-state index < -0.39 is 0 Å². The number of hydrogen-bond acceptors (Lipinski definition) is 2. The van der Waals surface area contributed by atoms with Crippen molar-refractivity contribution in [1.82, 2.24) is 18.7 Å². The minimum Gasteiger partial charge on any atom is -0.0579 e. The number of imidazole rings is 1. The zero-order valence-corrected chi connectivity index (χ0v) is 46.1. The van der Waals surface area contributed by atoms with Crippen molar-refractivity contribution in [2.75, 3.05) is 0 Å². The molecule has 0 atom stereocenters. The van der Waals surface area contributed by atoms with Crippen LogP contribution in [0.3, 0.4) is 0 Å². The maximum absolute atomic E-state index is 6.93. The zero-order valence-electron chi connectivity index (χ0n) is 43.8. The molecule has 10 aromatic carbocycles. The first-order valence-electron chi connectivity index (χ1n) is 26.7. The average Bonchev–Trinajstić information content (AvgIpc) is 4.31. The van der Waals surface area contributed by atoms with E-state index in [0.29, 0.717) is 0 Å². The number of aryl methyl sites for hydroxylation is 1. The summed E-state index contributed by atoms with van der Waals surface area (Å²) in [5, 5.41) is 2.31. The molecular weight excluding hydrogens is 1130 g/mol. The molecule has 0 N–H and O–H groups in total. The zero-order chi connectivity index (χ0) is 52.6. The van der Waals surface area contributed by atoms with E-state index in [1.165, 1.54) is 77.7 Å². The van der Waals surface area contributed by atoms with Crippen LogP contribution in [0.15, 0.2) is 243 Å². The summed E-state index contributed by atoms with van der Waals surface area (Å²) in [4.78, 5) is 5.15. The van der Waals surface area contributed by atoms with Crippen LogP contribution < -0.4 is 4.74 Å². The minimum absolute atomic E-state index is 0.0891. The van der Waals surface area contributed by atoms with E-state index in [1.54, 1.807) is 0 Å². The molecule has 0 radical (unpaired) electrons. The monoisotopic (exact) mass is 1190 g/mol. The fourth-order valence-electron chi connectivity index (χ4n) is 11.9. The molecule has 0 amide bonds. The molecule has 3 aromatic heterocycles. The number of ether oxygens (including phenoxy) is 1. The molecule has 3 heterocycles. The molecule has 1 aliphatic rings. The molecule has 0 aliphatic heterocycles. The Hall–Kier alpha value is -8.89. The van der Waals surface area contributed by atoms with Crippen LogP contribution in [0.2, 0.25) is 0 Å². The van der Waals surface area contributed by atoms with E-state index in [0.717, 1.165) is 71.9 Å². The topological polar surface area (TPSA) is 36.9 Å². The number of benzene rings is 10. The minimum atomic E-state index is 0.0891. The van der Waals surface area contributed by atoms with Crippen molar-refractivity contribution in [2.45, 2.75) is 39.5 Å². The second-order valence-corrected chi connectivity index (χ2v) is 22.6. The van der Waals surface area contributed by atoms with Gasteiger partial charge in [-0.15, -0.1) is 0 Å². The standard InChI is InChI=1S/C72H54N4O.Pt/c1-47-39-69(73-45-64(47)50-31-34-54(35-32-50)72(2,3)4)76-65-28-15-14-27-59(65)60-38-36-57(43-68(60)76)77-56-26-18-25-55(42-56)74-46-75(67-30-17-16-29-66(67)74)71-61(49-21-10-6-11-22-49)44-62-58-37-33-52(48-19-8-5-9-20-48)40-53(58)41-63(62)70(71)51-23-12-7-13-24-51;/h5-40,42-45H,41H2,1-4H3;. The molecule has 0 saturated carbocycles. The molecule has 0 spiro atoms. The van der Waals surface area contributed by atoms with Gasteiger partial charge in [0.25, 0.3) is 0 Å². The van der Waals surface area contributed by atoms with Gasteiger partial charge in [-0.25, -0.2) is 0 Å². The van der Waals surface area contributed by atoms with E-state index in [1.807, 2.05) is 6.20 Å². The summed E-state index contributed by atoms with van der Waals surface area (Å²) in [5.74, 6) is 2.35. The normalized spacial score (nSPS) is 12.1. The van der Waals surface area contributed by atoms with E-state index in [-0.39, 0.29) is 5.41 Å². The number of rotatable bonds is 9. The Kier molecular flexibility index (Phi) is 11.6. The third-order valence-corrected chi connectivity index (χ3v) is 16.7. The van der Waals surface area contributed by atoms with Gasteiger partial charge in [0.15, 0.2) is 0 Å². The fourth-order valence-corrected chi connectivity index (χ4v) is 13.0. The van der Waals surface area contributed by atoms with Gasteiger partial charge in [-0.3, -0.25) is 0 Å². The van der Waals surface area contributed by atoms with Gasteiger partial charge in [-0.2, -0.15) is 0 Å². The Morgan fingerprint density at radius 2 is 1.06 bits per heavy atom. The van der Waals surface area contributed by atoms with Crippen LogP contribution in [0.5, 0.6) is 11.5 Å². The van der Waals surface area contributed by atoms with Crippen LogP contribution >= 0.6 is 0 Å². The van der Waals surface area contributed by atoms with Crippen molar-refractivity contribution in [1.29, 1.82) is 0 Å². The summed E-state index contributed by atoms with van der Waals surface area (Å²) in [6.45, 7) is 8.94. The fraction of sp³-hybridized carbons (Fsp3) is 0.0833. The van der Waals surface area contributed by atoms with Gasteiger partial charge >= 0.3 is 364 Å². The predicted molar refractivity (Wildman–Crippen MR) is 318 cm³/mol. The molecule has 5 nitrogen and oxygen atoms in total. The van der Waals surface area contributed by atoms with E-state index >= 15 is 0 Å². The van der Waals surface area contributed by atoms with Crippen molar-refractivity contribution in [3.05, 3.63) is 269 Å². The number of pyridine rings is 1. The first kappa shape index (κ1) is 47.6. The SMILES string of the molecule is Cc1cc(-n2c3ccccc3c3ccc(Oc4cccc(-n5[c](=[Pt])n(-c6c(-c7ccccc7)cc7c(c6-c6ccccc6)Cc6cc(-c8ccccc8)ccc6-7)c6ccccc65)c4)cc32)ncc1-c1ccc(C(C)(C)C)cc1.